The van der Waals surface area contributed by atoms with Crippen molar-refractivity contribution >= 4 is 5.95 Å². The fourth-order valence-electron chi connectivity index (χ4n) is 1.40. The molecule has 0 fully saturated rings. The third kappa shape index (κ3) is 3.64. The molecule has 0 bridgehead atoms. The van der Waals surface area contributed by atoms with Crippen molar-refractivity contribution in [3.8, 4) is 12.0 Å². The van der Waals surface area contributed by atoms with Gasteiger partial charge in [-0.25, -0.2) is 4.98 Å². The molecule has 2 aromatic rings. The van der Waals surface area contributed by atoms with Crippen LogP contribution < -0.4 is 10.1 Å². The topological polar surface area (TPSA) is 77.8 Å². The summed E-state index contributed by atoms with van der Waals surface area (Å²) >= 11 is 0. The summed E-state index contributed by atoms with van der Waals surface area (Å²) in [5, 5.41) is 2.89. The number of nitrogens with zero attached hydrogens (tertiary/aromatic N) is 5. The summed E-state index contributed by atoms with van der Waals surface area (Å²) in [6.45, 7) is 4.88. The summed E-state index contributed by atoms with van der Waals surface area (Å²) in [4.78, 5) is 16.6. The van der Waals surface area contributed by atoms with Crippen LogP contribution in [0.15, 0.2) is 18.7 Å². The maximum Gasteiger partial charge on any atom is 0.323 e. The molecule has 0 unspecified atom stereocenters. The van der Waals surface area contributed by atoms with Gasteiger partial charge in [0, 0.05) is 19.4 Å². The Morgan fingerprint density at radius 1 is 1.32 bits per heavy atom. The highest BCUT2D eigenvalue weighted by molar-refractivity contribution is 5.29. The molecule has 19 heavy (non-hydrogen) atoms. The van der Waals surface area contributed by atoms with Gasteiger partial charge in [0.2, 0.25) is 11.9 Å². The minimum atomic E-state index is 0.323. The molecule has 0 aliphatic carbocycles. The van der Waals surface area contributed by atoms with Crippen molar-refractivity contribution in [3.63, 3.8) is 0 Å². The van der Waals surface area contributed by atoms with E-state index in [2.05, 4.69) is 39.1 Å². The summed E-state index contributed by atoms with van der Waals surface area (Å²) in [5.41, 5.74) is 0. The van der Waals surface area contributed by atoms with Gasteiger partial charge in [0.25, 0.3) is 0 Å². The lowest BCUT2D eigenvalue weighted by atomic mass is 10.1. The van der Waals surface area contributed by atoms with Gasteiger partial charge in [-0.15, -0.1) is 0 Å². The Hall–Kier alpha value is -2.18. The van der Waals surface area contributed by atoms with Crippen molar-refractivity contribution in [1.82, 2.24) is 24.5 Å². The van der Waals surface area contributed by atoms with Crippen molar-refractivity contribution in [2.75, 3.05) is 19.0 Å². The van der Waals surface area contributed by atoms with Gasteiger partial charge in [-0.2, -0.15) is 15.0 Å². The molecule has 0 aliphatic rings. The van der Waals surface area contributed by atoms with Gasteiger partial charge < -0.3 is 10.1 Å². The molecule has 0 saturated heterocycles. The Labute approximate surface area is 112 Å². The molecule has 0 saturated carbocycles. The molecule has 1 N–H and O–H groups in total. The van der Waals surface area contributed by atoms with Crippen LogP contribution in [0.25, 0.3) is 5.95 Å². The van der Waals surface area contributed by atoms with Gasteiger partial charge in [0.05, 0.1) is 6.61 Å². The Kier molecular flexibility index (Phi) is 4.27. The Balaban J connectivity index is 2.16. The van der Waals surface area contributed by atoms with Crippen LogP contribution >= 0.6 is 0 Å². The summed E-state index contributed by atoms with van der Waals surface area (Å²) in [6.07, 6.45) is 6.03. The van der Waals surface area contributed by atoms with Crippen LogP contribution in [0.3, 0.4) is 0 Å². The van der Waals surface area contributed by atoms with E-state index in [1.54, 1.807) is 30.3 Å². The lowest BCUT2D eigenvalue weighted by molar-refractivity contribution is 0.268. The highest BCUT2D eigenvalue weighted by atomic mass is 16.5. The SMILES string of the molecule is CNc1nc(OCCC(C)C)nc(-n2ccnc2)n1. The van der Waals surface area contributed by atoms with Gasteiger partial charge in [0.1, 0.15) is 6.33 Å². The second-order valence-electron chi connectivity index (χ2n) is 4.49. The van der Waals surface area contributed by atoms with Gasteiger partial charge >= 0.3 is 6.01 Å². The van der Waals surface area contributed by atoms with Crippen molar-refractivity contribution < 1.29 is 4.74 Å². The normalized spacial score (nSPS) is 10.7. The van der Waals surface area contributed by atoms with Crippen LogP contribution in [0, 0.1) is 5.92 Å². The van der Waals surface area contributed by atoms with E-state index in [1.807, 2.05) is 0 Å². The lowest BCUT2D eigenvalue weighted by Gasteiger charge is -2.09. The lowest BCUT2D eigenvalue weighted by Crippen LogP contribution is -2.10. The van der Waals surface area contributed by atoms with Crippen LogP contribution in [-0.2, 0) is 0 Å². The van der Waals surface area contributed by atoms with E-state index in [1.165, 1.54) is 0 Å². The number of imidazole rings is 1. The molecule has 2 heterocycles. The van der Waals surface area contributed by atoms with E-state index in [4.69, 9.17) is 4.74 Å². The highest BCUT2D eigenvalue weighted by Gasteiger charge is 2.08. The zero-order chi connectivity index (χ0) is 13.7. The van der Waals surface area contributed by atoms with E-state index in [9.17, 15) is 0 Å². The summed E-state index contributed by atoms with van der Waals surface area (Å²) < 4.78 is 7.27. The molecule has 0 atom stereocenters. The van der Waals surface area contributed by atoms with Crippen molar-refractivity contribution in [2.24, 2.45) is 5.92 Å². The number of hydrogen-bond donors (Lipinski definition) is 1. The number of hydrogen-bond acceptors (Lipinski definition) is 6. The third-order valence-electron chi connectivity index (χ3n) is 2.49. The zero-order valence-corrected chi connectivity index (χ0v) is 11.4. The first kappa shape index (κ1) is 13.3. The van der Waals surface area contributed by atoms with E-state index in [0.717, 1.165) is 6.42 Å². The predicted octanol–water partition coefficient (Wildman–Crippen LogP) is 1.52. The van der Waals surface area contributed by atoms with Crippen LogP contribution in [0.4, 0.5) is 5.95 Å². The first-order valence-corrected chi connectivity index (χ1v) is 6.24. The fraction of sp³-hybridized carbons (Fsp3) is 0.500. The Bertz CT molecular complexity index is 511. The molecular weight excluding hydrogens is 244 g/mol. The molecular formula is C12H18N6O. The Morgan fingerprint density at radius 3 is 2.79 bits per heavy atom. The molecule has 0 amide bonds. The molecule has 7 nitrogen and oxygen atoms in total. The second kappa shape index (κ2) is 6.12. The molecule has 102 valence electrons. The zero-order valence-electron chi connectivity index (χ0n) is 11.4. The van der Waals surface area contributed by atoms with Crippen LogP contribution in [0.1, 0.15) is 20.3 Å². The van der Waals surface area contributed by atoms with Gasteiger partial charge in [-0.3, -0.25) is 4.57 Å². The number of anilines is 1. The quantitative estimate of drug-likeness (QED) is 0.850. The van der Waals surface area contributed by atoms with E-state index < -0.39 is 0 Å². The average molecular weight is 262 g/mol. The number of nitrogens with one attached hydrogen (secondary N) is 1. The maximum absolute atomic E-state index is 5.56. The first-order valence-electron chi connectivity index (χ1n) is 6.24. The highest BCUT2D eigenvalue weighted by Crippen LogP contribution is 2.11. The number of aromatic nitrogens is 5. The minimum absolute atomic E-state index is 0.323. The van der Waals surface area contributed by atoms with E-state index >= 15 is 0 Å². The van der Waals surface area contributed by atoms with Crippen LogP contribution in [0.5, 0.6) is 6.01 Å². The monoisotopic (exact) mass is 262 g/mol. The molecule has 2 aromatic heterocycles. The van der Waals surface area contributed by atoms with Crippen molar-refractivity contribution in [2.45, 2.75) is 20.3 Å². The maximum atomic E-state index is 5.56. The summed E-state index contributed by atoms with van der Waals surface area (Å²) in [6, 6.07) is 0.323. The molecule has 7 heteroatoms. The second-order valence-corrected chi connectivity index (χ2v) is 4.49. The summed E-state index contributed by atoms with van der Waals surface area (Å²) in [7, 11) is 1.75. The number of ether oxygens (including phenoxy) is 1. The van der Waals surface area contributed by atoms with Gasteiger partial charge in [-0.1, -0.05) is 13.8 Å². The van der Waals surface area contributed by atoms with Gasteiger partial charge in [-0.05, 0) is 12.3 Å². The van der Waals surface area contributed by atoms with Crippen molar-refractivity contribution in [3.05, 3.63) is 18.7 Å². The minimum Gasteiger partial charge on any atom is -0.463 e. The fourth-order valence-corrected chi connectivity index (χ4v) is 1.40. The molecule has 0 aliphatic heterocycles. The smallest absolute Gasteiger partial charge is 0.323 e. The summed E-state index contributed by atoms with van der Waals surface area (Å²) in [5.74, 6) is 1.54. The van der Waals surface area contributed by atoms with Gasteiger partial charge in [0.15, 0.2) is 0 Å². The predicted molar refractivity (Wildman–Crippen MR) is 71.4 cm³/mol. The molecule has 2 rings (SSSR count). The van der Waals surface area contributed by atoms with Crippen LogP contribution in [-0.4, -0.2) is 38.2 Å². The van der Waals surface area contributed by atoms with E-state index in [-0.39, 0.29) is 0 Å². The van der Waals surface area contributed by atoms with Crippen LogP contribution in [0.2, 0.25) is 0 Å². The largest absolute Gasteiger partial charge is 0.463 e. The third-order valence-corrected chi connectivity index (χ3v) is 2.49. The first-order chi connectivity index (χ1) is 9.19. The molecule has 0 spiro atoms. The average Bonchev–Trinajstić information content (AvgIpc) is 2.92. The Morgan fingerprint density at radius 2 is 2.16 bits per heavy atom. The standard InChI is InChI=1S/C12H18N6O/c1-9(2)4-7-19-12-16-10(13-3)15-11(17-12)18-6-5-14-8-18/h5-6,8-9H,4,7H2,1-3H3,(H,13,15,16,17). The molecule has 0 aromatic carbocycles. The van der Waals surface area contributed by atoms with E-state index in [0.29, 0.717) is 30.4 Å². The van der Waals surface area contributed by atoms with Crippen molar-refractivity contribution in [1.29, 1.82) is 0 Å². The number of rotatable bonds is 6. The molecule has 0 radical (unpaired) electrons.